The molecule has 1 fully saturated rings. The molecule has 21 heavy (non-hydrogen) atoms. The highest BCUT2D eigenvalue weighted by atomic mass is 32.2. The maximum Gasteiger partial charge on any atom is 0.243 e. The van der Waals surface area contributed by atoms with Crippen molar-refractivity contribution < 1.29 is 13.5 Å². The Morgan fingerprint density at radius 3 is 2.33 bits per heavy atom. The van der Waals surface area contributed by atoms with Crippen molar-refractivity contribution in [2.24, 2.45) is 5.92 Å². The van der Waals surface area contributed by atoms with E-state index in [1.54, 1.807) is 31.2 Å². The lowest BCUT2D eigenvalue weighted by atomic mass is 9.93. The van der Waals surface area contributed by atoms with E-state index in [1.165, 1.54) is 4.31 Å². The first-order valence-electron chi connectivity index (χ1n) is 7.47. The van der Waals surface area contributed by atoms with Crippen molar-refractivity contribution in [2.45, 2.75) is 37.7 Å². The third-order valence-electron chi connectivity index (χ3n) is 4.05. The van der Waals surface area contributed by atoms with Gasteiger partial charge in [-0.15, -0.1) is 0 Å². The lowest BCUT2D eigenvalue weighted by Crippen LogP contribution is -2.40. The van der Waals surface area contributed by atoms with Crippen molar-refractivity contribution in [1.82, 2.24) is 4.31 Å². The average molecular weight is 312 g/mol. The molecule has 0 bridgehead atoms. The van der Waals surface area contributed by atoms with E-state index >= 15 is 0 Å². The first-order valence-corrected chi connectivity index (χ1v) is 8.91. The first-order chi connectivity index (χ1) is 9.95. The smallest absolute Gasteiger partial charge is 0.243 e. The maximum atomic E-state index is 12.6. The molecule has 5 nitrogen and oxygen atoms in total. The van der Waals surface area contributed by atoms with Crippen LogP contribution < -0.4 is 5.32 Å². The summed E-state index contributed by atoms with van der Waals surface area (Å²) >= 11 is 0. The van der Waals surface area contributed by atoms with Gasteiger partial charge in [-0.1, -0.05) is 0 Å². The SMILES string of the molecule is CCNc1ccc(S(=O)(=O)N2CCC(C(C)O)CC2)cc1. The van der Waals surface area contributed by atoms with Gasteiger partial charge in [-0.3, -0.25) is 0 Å². The third-order valence-corrected chi connectivity index (χ3v) is 5.97. The molecule has 0 radical (unpaired) electrons. The Morgan fingerprint density at radius 2 is 1.86 bits per heavy atom. The summed E-state index contributed by atoms with van der Waals surface area (Å²) < 4.78 is 26.7. The van der Waals surface area contributed by atoms with Gasteiger partial charge >= 0.3 is 0 Å². The molecule has 1 unspecified atom stereocenters. The molecule has 6 heteroatoms. The van der Waals surface area contributed by atoms with E-state index in [-0.39, 0.29) is 12.0 Å². The molecule has 0 amide bonds. The molecule has 1 aromatic rings. The number of nitrogens with one attached hydrogen (secondary N) is 1. The molecule has 118 valence electrons. The Labute approximate surface area is 127 Å². The van der Waals surface area contributed by atoms with Crippen LogP contribution in [0, 0.1) is 5.92 Å². The van der Waals surface area contributed by atoms with Crippen molar-refractivity contribution in [3.63, 3.8) is 0 Å². The van der Waals surface area contributed by atoms with Gasteiger partial charge < -0.3 is 10.4 Å². The maximum absolute atomic E-state index is 12.6. The molecule has 1 heterocycles. The molecule has 2 N–H and O–H groups in total. The number of rotatable bonds is 5. The van der Waals surface area contributed by atoms with Gasteiger partial charge in [0.25, 0.3) is 0 Å². The van der Waals surface area contributed by atoms with E-state index < -0.39 is 10.0 Å². The molecule has 0 saturated carbocycles. The summed E-state index contributed by atoms with van der Waals surface area (Å²) in [5.74, 6) is 0.201. The van der Waals surface area contributed by atoms with Crippen LogP contribution in [0.15, 0.2) is 29.2 Å². The fraction of sp³-hybridized carbons (Fsp3) is 0.600. The second-order valence-corrected chi connectivity index (χ2v) is 7.47. The van der Waals surface area contributed by atoms with Crippen LogP contribution in [0.5, 0.6) is 0 Å². The predicted octanol–water partition coefficient (Wildman–Crippen LogP) is 1.90. The van der Waals surface area contributed by atoms with Crippen molar-refractivity contribution in [1.29, 1.82) is 0 Å². The van der Waals surface area contributed by atoms with Crippen LogP contribution in [0.25, 0.3) is 0 Å². The molecule has 0 aromatic heterocycles. The van der Waals surface area contributed by atoms with E-state index in [4.69, 9.17) is 0 Å². The Hall–Kier alpha value is -1.11. The first kappa shape index (κ1) is 16.3. The van der Waals surface area contributed by atoms with Crippen molar-refractivity contribution in [3.8, 4) is 0 Å². The molecule has 1 aliphatic rings. The van der Waals surface area contributed by atoms with Crippen molar-refractivity contribution in [2.75, 3.05) is 25.0 Å². The van der Waals surface area contributed by atoms with Gasteiger partial charge in [0, 0.05) is 25.3 Å². The summed E-state index contributed by atoms with van der Waals surface area (Å²) in [7, 11) is -3.42. The number of hydrogen-bond donors (Lipinski definition) is 2. The molecular formula is C15H24N2O3S. The topological polar surface area (TPSA) is 69.6 Å². The van der Waals surface area contributed by atoms with Crippen LogP contribution in [-0.2, 0) is 10.0 Å². The fourth-order valence-corrected chi connectivity index (χ4v) is 4.17. The number of hydrogen-bond acceptors (Lipinski definition) is 4. The van der Waals surface area contributed by atoms with Gasteiger partial charge in [0.1, 0.15) is 0 Å². The summed E-state index contributed by atoms with van der Waals surface area (Å²) in [6.07, 6.45) is 1.06. The average Bonchev–Trinajstić information content (AvgIpc) is 2.48. The lowest BCUT2D eigenvalue weighted by molar-refractivity contribution is 0.0912. The van der Waals surface area contributed by atoms with E-state index in [0.717, 1.165) is 12.2 Å². The molecule has 1 aliphatic heterocycles. The fourth-order valence-electron chi connectivity index (χ4n) is 2.70. The van der Waals surface area contributed by atoms with E-state index in [2.05, 4.69) is 5.32 Å². The quantitative estimate of drug-likeness (QED) is 0.871. The number of aliphatic hydroxyl groups is 1. The van der Waals surface area contributed by atoms with Gasteiger partial charge in [-0.25, -0.2) is 8.42 Å². The standard InChI is InChI=1S/C15H24N2O3S/c1-3-16-14-4-6-15(7-5-14)21(19,20)17-10-8-13(9-11-17)12(2)18/h4-7,12-13,16,18H,3,8-11H2,1-2H3. The Kier molecular flexibility index (Phi) is 5.24. The van der Waals surface area contributed by atoms with Crippen LogP contribution in [-0.4, -0.2) is 43.6 Å². The van der Waals surface area contributed by atoms with Crippen LogP contribution in [0.4, 0.5) is 5.69 Å². The summed E-state index contributed by atoms with van der Waals surface area (Å²) in [5, 5.41) is 12.7. The zero-order chi connectivity index (χ0) is 15.5. The molecule has 2 rings (SSSR count). The third kappa shape index (κ3) is 3.75. The summed E-state index contributed by atoms with van der Waals surface area (Å²) in [6, 6.07) is 6.88. The summed E-state index contributed by atoms with van der Waals surface area (Å²) in [5.41, 5.74) is 0.921. The Balaban J connectivity index is 2.08. The Morgan fingerprint density at radius 1 is 1.29 bits per heavy atom. The molecule has 0 aliphatic carbocycles. The zero-order valence-corrected chi connectivity index (χ0v) is 13.4. The predicted molar refractivity (Wildman–Crippen MR) is 83.8 cm³/mol. The zero-order valence-electron chi connectivity index (χ0n) is 12.6. The minimum absolute atomic E-state index is 0.201. The monoisotopic (exact) mass is 312 g/mol. The van der Waals surface area contributed by atoms with Crippen molar-refractivity contribution >= 4 is 15.7 Å². The van der Waals surface area contributed by atoms with Crippen LogP contribution in [0.2, 0.25) is 0 Å². The summed E-state index contributed by atoms with van der Waals surface area (Å²) in [6.45, 7) is 5.53. The number of nitrogens with zero attached hydrogens (tertiary/aromatic N) is 1. The molecular weight excluding hydrogens is 288 g/mol. The van der Waals surface area contributed by atoms with Crippen LogP contribution in [0.3, 0.4) is 0 Å². The molecule has 1 atom stereocenters. The second-order valence-electron chi connectivity index (χ2n) is 5.54. The lowest BCUT2D eigenvalue weighted by Gasteiger charge is -2.32. The van der Waals surface area contributed by atoms with E-state index in [0.29, 0.717) is 30.8 Å². The largest absolute Gasteiger partial charge is 0.393 e. The second kappa shape index (κ2) is 6.77. The number of aliphatic hydroxyl groups excluding tert-OH is 1. The van der Waals surface area contributed by atoms with Crippen molar-refractivity contribution in [3.05, 3.63) is 24.3 Å². The number of benzene rings is 1. The normalized spacial score (nSPS) is 19.4. The van der Waals surface area contributed by atoms with Gasteiger partial charge in [-0.05, 0) is 56.9 Å². The van der Waals surface area contributed by atoms with Gasteiger partial charge in [-0.2, -0.15) is 4.31 Å². The van der Waals surface area contributed by atoms with E-state index in [9.17, 15) is 13.5 Å². The van der Waals surface area contributed by atoms with Gasteiger partial charge in [0.15, 0.2) is 0 Å². The van der Waals surface area contributed by atoms with Gasteiger partial charge in [0.05, 0.1) is 11.0 Å². The van der Waals surface area contributed by atoms with Crippen LogP contribution >= 0.6 is 0 Å². The highest BCUT2D eigenvalue weighted by Gasteiger charge is 2.30. The summed E-state index contributed by atoms with van der Waals surface area (Å²) in [4.78, 5) is 0.333. The Bertz CT molecular complexity index is 547. The number of piperidine rings is 1. The van der Waals surface area contributed by atoms with Crippen LogP contribution in [0.1, 0.15) is 26.7 Å². The minimum atomic E-state index is -3.42. The number of anilines is 1. The molecule has 1 aromatic carbocycles. The van der Waals surface area contributed by atoms with Gasteiger partial charge in [0.2, 0.25) is 10.0 Å². The minimum Gasteiger partial charge on any atom is -0.393 e. The van der Waals surface area contributed by atoms with E-state index in [1.807, 2.05) is 6.92 Å². The molecule has 0 spiro atoms. The highest BCUT2D eigenvalue weighted by molar-refractivity contribution is 7.89. The number of sulfonamides is 1. The highest BCUT2D eigenvalue weighted by Crippen LogP contribution is 2.26. The molecule has 1 saturated heterocycles.